The Morgan fingerprint density at radius 3 is 2.70 bits per heavy atom. The maximum atomic E-state index is 13.5. The monoisotopic (exact) mass is 335 g/mol. The number of nitrogens with zero attached hydrogens (tertiary/aromatic N) is 1. The van der Waals surface area contributed by atoms with E-state index in [-0.39, 0.29) is 17.0 Å². The van der Waals surface area contributed by atoms with Gasteiger partial charge in [-0.3, -0.25) is 4.31 Å². The largest absolute Gasteiger partial charge is 0.478 e. The molecule has 0 unspecified atom stereocenters. The maximum Gasteiger partial charge on any atom is 0.335 e. The summed E-state index contributed by atoms with van der Waals surface area (Å²) >= 11 is 0. The van der Waals surface area contributed by atoms with Gasteiger partial charge < -0.3 is 5.11 Å². The van der Waals surface area contributed by atoms with Crippen molar-refractivity contribution in [2.75, 3.05) is 10.8 Å². The van der Waals surface area contributed by atoms with E-state index in [1.54, 1.807) is 6.07 Å². The molecular weight excluding hydrogens is 321 g/mol. The molecular formula is C16H14FNO4S. The van der Waals surface area contributed by atoms with Crippen molar-refractivity contribution >= 4 is 21.7 Å². The SMILES string of the molecule is O=C(O)c1cccc(S(=O)(=O)N2CCCc3ccc(F)cc32)c1. The van der Waals surface area contributed by atoms with E-state index in [9.17, 15) is 17.6 Å². The summed E-state index contributed by atoms with van der Waals surface area (Å²) in [4.78, 5) is 10.9. The van der Waals surface area contributed by atoms with Crippen LogP contribution < -0.4 is 4.31 Å². The first kappa shape index (κ1) is 15.5. The number of rotatable bonds is 3. The van der Waals surface area contributed by atoms with E-state index in [1.807, 2.05) is 0 Å². The Kier molecular flexibility index (Phi) is 3.81. The number of carboxylic acid groups (broad SMARTS) is 1. The lowest BCUT2D eigenvalue weighted by molar-refractivity contribution is 0.0696. The number of anilines is 1. The molecule has 2 aromatic carbocycles. The highest BCUT2D eigenvalue weighted by Crippen LogP contribution is 2.32. The van der Waals surface area contributed by atoms with Crippen molar-refractivity contribution in [3.05, 3.63) is 59.4 Å². The van der Waals surface area contributed by atoms with E-state index >= 15 is 0 Å². The van der Waals surface area contributed by atoms with Crippen molar-refractivity contribution in [2.24, 2.45) is 0 Å². The Bertz CT molecular complexity index is 879. The van der Waals surface area contributed by atoms with Gasteiger partial charge in [-0.05, 0) is 48.7 Å². The van der Waals surface area contributed by atoms with Gasteiger partial charge in [0.25, 0.3) is 10.0 Å². The van der Waals surface area contributed by atoms with Gasteiger partial charge in [0.15, 0.2) is 0 Å². The number of hydrogen-bond acceptors (Lipinski definition) is 3. The van der Waals surface area contributed by atoms with Gasteiger partial charge in [0.05, 0.1) is 16.1 Å². The molecule has 0 radical (unpaired) electrons. The molecule has 1 aliphatic heterocycles. The van der Waals surface area contributed by atoms with Crippen LogP contribution >= 0.6 is 0 Å². The zero-order valence-corrected chi connectivity index (χ0v) is 12.9. The quantitative estimate of drug-likeness (QED) is 0.936. The van der Waals surface area contributed by atoms with E-state index in [2.05, 4.69) is 0 Å². The minimum absolute atomic E-state index is 0.109. The number of carbonyl (C=O) groups is 1. The van der Waals surface area contributed by atoms with Crippen molar-refractivity contribution < 1.29 is 22.7 Å². The first-order valence-corrected chi connectivity index (χ1v) is 8.48. The summed E-state index contributed by atoms with van der Waals surface area (Å²) < 4.78 is 40.4. The van der Waals surface area contributed by atoms with Crippen molar-refractivity contribution in [2.45, 2.75) is 17.7 Å². The lowest BCUT2D eigenvalue weighted by Gasteiger charge is -2.30. The van der Waals surface area contributed by atoms with Crippen LogP contribution in [0.15, 0.2) is 47.4 Å². The molecule has 0 aromatic heterocycles. The Morgan fingerprint density at radius 2 is 1.96 bits per heavy atom. The van der Waals surface area contributed by atoms with E-state index < -0.39 is 21.8 Å². The highest BCUT2D eigenvalue weighted by atomic mass is 32.2. The molecule has 3 rings (SSSR count). The number of halogens is 1. The molecule has 23 heavy (non-hydrogen) atoms. The molecule has 0 spiro atoms. The highest BCUT2D eigenvalue weighted by molar-refractivity contribution is 7.92. The topological polar surface area (TPSA) is 74.7 Å². The van der Waals surface area contributed by atoms with Gasteiger partial charge >= 0.3 is 5.97 Å². The van der Waals surface area contributed by atoms with Crippen LogP contribution in [-0.4, -0.2) is 26.0 Å². The van der Waals surface area contributed by atoms with E-state index in [0.717, 1.165) is 15.9 Å². The molecule has 1 N–H and O–H groups in total. The summed E-state index contributed by atoms with van der Waals surface area (Å²) in [6, 6.07) is 9.26. The van der Waals surface area contributed by atoms with Crippen LogP contribution in [0.2, 0.25) is 0 Å². The van der Waals surface area contributed by atoms with Gasteiger partial charge in [0.2, 0.25) is 0 Å². The molecule has 120 valence electrons. The predicted octanol–water partition coefficient (Wildman–Crippen LogP) is 2.67. The van der Waals surface area contributed by atoms with Crippen molar-refractivity contribution in [3.8, 4) is 0 Å². The Morgan fingerprint density at radius 1 is 1.17 bits per heavy atom. The predicted molar refractivity (Wildman–Crippen MR) is 82.7 cm³/mol. The van der Waals surface area contributed by atoms with Gasteiger partial charge in [-0.15, -0.1) is 0 Å². The Hall–Kier alpha value is -2.41. The molecule has 1 aliphatic rings. The molecule has 5 nitrogen and oxygen atoms in total. The minimum Gasteiger partial charge on any atom is -0.478 e. The van der Waals surface area contributed by atoms with Crippen LogP contribution in [0.4, 0.5) is 10.1 Å². The number of carboxylic acids is 1. The van der Waals surface area contributed by atoms with Crippen LogP contribution in [0.25, 0.3) is 0 Å². The summed E-state index contributed by atoms with van der Waals surface area (Å²) in [5.41, 5.74) is 0.968. The molecule has 1 heterocycles. The lowest BCUT2D eigenvalue weighted by Crippen LogP contribution is -2.35. The van der Waals surface area contributed by atoms with Gasteiger partial charge in [0, 0.05) is 6.54 Å². The summed E-state index contributed by atoms with van der Waals surface area (Å²) in [6.45, 7) is 0.232. The number of aromatic carboxylic acids is 1. The second-order valence-corrected chi connectivity index (χ2v) is 7.15. The number of hydrogen-bond donors (Lipinski definition) is 1. The van der Waals surface area contributed by atoms with Gasteiger partial charge in [-0.25, -0.2) is 17.6 Å². The standard InChI is InChI=1S/C16H14FNO4S/c17-13-7-6-11-4-2-8-18(15(11)10-13)23(21,22)14-5-1-3-12(9-14)16(19)20/h1,3,5-7,9-10H,2,4,8H2,(H,19,20). The van der Waals surface area contributed by atoms with Crippen LogP contribution in [0.3, 0.4) is 0 Å². The van der Waals surface area contributed by atoms with Crippen molar-refractivity contribution in [3.63, 3.8) is 0 Å². The molecule has 0 saturated carbocycles. The van der Waals surface area contributed by atoms with Crippen molar-refractivity contribution in [1.29, 1.82) is 0 Å². The first-order chi connectivity index (χ1) is 10.9. The third kappa shape index (κ3) is 2.79. The second kappa shape index (κ2) is 5.66. The van der Waals surface area contributed by atoms with E-state index in [1.165, 1.54) is 30.3 Å². The lowest BCUT2D eigenvalue weighted by atomic mass is 10.0. The van der Waals surface area contributed by atoms with E-state index in [0.29, 0.717) is 18.5 Å². The number of aryl methyl sites for hydroxylation is 1. The van der Waals surface area contributed by atoms with Crippen LogP contribution in [0.1, 0.15) is 22.3 Å². The van der Waals surface area contributed by atoms with E-state index in [4.69, 9.17) is 5.11 Å². The molecule has 0 aliphatic carbocycles. The summed E-state index contributed by atoms with van der Waals surface area (Å²) in [5, 5.41) is 9.02. The van der Waals surface area contributed by atoms with Crippen LogP contribution in [0.5, 0.6) is 0 Å². The van der Waals surface area contributed by atoms with Crippen molar-refractivity contribution in [1.82, 2.24) is 0 Å². The zero-order chi connectivity index (χ0) is 16.6. The molecule has 0 fully saturated rings. The summed E-state index contributed by atoms with van der Waals surface area (Å²) in [6.07, 6.45) is 1.30. The Labute approximate surface area is 133 Å². The fraction of sp³-hybridized carbons (Fsp3) is 0.188. The van der Waals surface area contributed by atoms with Gasteiger partial charge in [-0.2, -0.15) is 0 Å². The second-order valence-electron chi connectivity index (χ2n) is 5.29. The molecule has 0 atom stereocenters. The number of benzene rings is 2. The smallest absolute Gasteiger partial charge is 0.335 e. The van der Waals surface area contributed by atoms with Crippen LogP contribution in [0, 0.1) is 5.82 Å². The third-order valence-corrected chi connectivity index (χ3v) is 5.60. The fourth-order valence-corrected chi connectivity index (χ4v) is 4.26. The fourth-order valence-electron chi connectivity index (χ4n) is 2.68. The maximum absolute atomic E-state index is 13.5. The number of fused-ring (bicyclic) bond motifs is 1. The minimum atomic E-state index is -3.94. The molecule has 0 bridgehead atoms. The average Bonchev–Trinajstić information content (AvgIpc) is 2.54. The Balaban J connectivity index is 2.10. The average molecular weight is 335 g/mol. The normalized spacial score (nSPS) is 14.4. The van der Waals surface area contributed by atoms with Crippen LogP contribution in [-0.2, 0) is 16.4 Å². The molecule has 0 amide bonds. The molecule has 2 aromatic rings. The van der Waals surface area contributed by atoms with Gasteiger partial charge in [-0.1, -0.05) is 12.1 Å². The summed E-state index contributed by atoms with van der Waals surface area (Å²) in [5.74, 6) is -1.71. The molecule has 7 heteroatoms. The summed E-state index contributed by atoms with van der Waals surface area (Å²) in [7, 11) is -3.94. The highest BCUT2D eigenvalue weighted by Gasteiger charge is 2.29. The molecule has 0 saturated heterocycles. The van der Waals surface area contributed by atoms with Gasteiger partial charge in [0.1, 0.15) is 5.82 Å². The third-order valence-electron chi connectivity index (χ3n) is 3.79. The zero-order valence-electron chi connectivity index (χ0n) is 12.1. The number of sulfonamides is 1. The first-order valence-electron chi connectivity index (χ1n) is 7.04.